The summed E-state index contributed by atoms with van der Waals surface area (Å²) in [4.78, 5) is 40.4. The summed E-state index contributed by atoms with van der Waals surface area (Å²) in [7, 11) is 0. The molecule has 3 aromatic rings. The monoisotopic (exact) mass is 557 g/mol. The third kappa shape index (κ3) is 5.92. The number of aryl methyl sites for hydroxylation is 1. The first-order chi connectivity index (χ1) is 19.4. The van der Waals surface area contributed by atoms with Crippen molar-refractivity contribution < 1.29 is 14.4 Å². The molecule has 4 N–H and O–H groups in total. The number of primary amides is 1. The predicted molar refractivity (Wildman–Crippen MR) is 160 cm³/mol. The number of hydrogen-bond donors (Lipinski definition) is 3. The smallest absolute Gasteiger partial charge is 0.255 e. The molecule has 0 fully saturated rings. The molecule has 0 saturated carbocycles. The van der Waals surface area contributed by atoms with Crippen molar-refractivity contribution in [2.75, 3.05) is 0 Å². The number of carbonyl (C=O) groups is 3. The molecule has 3 amide bonds. The molecule has 2 aromatic carbocycles. The van der Waals surface area contributed by atoms with Gasteiger partial charge in [-0.1, -0.05) is 82.3 Å². The fraction of sp³-hybridized carbons (Fsp3) is 0.455. The van der Waals surface area contributed by atoms with Crippen LogP contribution in [0.3, 0.4) is 0 Å². The largest absolute Gasteiger partial charge is 0.368 e. The molecule has 8 nitrogen and oxygen atoms in total. The Morgan fingerprint density at radius 3 is 2.29 bits per heavy atom. The van der Waals surface area contributed by atoms with Crippen LogP contribution in [0.15, 0.2) is 60.8 Å². The summed E-state index contributed by atoms with van der Waals surface area (Å²) in [6.07, 6.45) is 4.27. The lowest BCUT2D eigenvalue weighted by molar-refractivity contribution is -0.133. The molecule has 3 atom stereocenters. The second-order valence-electron chi connectivity index (χ2n) is 12.1. The Bertz CT molecular complexity index is 1390. The number of nitrogens with zero attached hydrogens (tertiary/aromatic N) is 2. The third-order valence-electron chi connectivity index (χ3n) is 8.50. The zero-order valence-electron chi connectivity index (χ0n) is 25.0. The minimum absolute atomic E-state index is 0.219. The van der Waals surface area contributed by atoms with Crippen molar-refractivity contribution >= 4 is 17.7 Å². The van der Waals surface area contributed by atoms with Gasteiger partial charge in [0, 0.05) is 0 Å². The van der Waals surface area contributed by atoms with Crippen LogP contribution in [0.2, 0.25) is 0 Å². The van der Waals surface area contributed by atoms with E-state index < -0.39 is 23.4 Å². The van der Waals surface area contributed by atoms with Crippen LogP contribution in [0.5, 0.6) is 0 Å². The molecular formula is C33H43N5O3. The second-order valence-corrected chi connectivity index (χ2v) is 12.1. The van der Waals surface area contributed by atoms with E-state index in [4.69, 9.17) is 5.73 Å². The van der Waals surface area contributed by atoms with Gasteiger partial charge < -0.3 is 16.4 Å². The molecule has 2 unspecified atom stereocenters. The van der Waals surface area contributed by atoms with Crippen LogP contribution >= 0.6 is 0 Å². The Morgan fingerprint density at radius 2 is 1.73 bits per heavy atom. The first kappa shape index (κ1) is 30.0. The van der Waals surface area contributed by atoms with Crippen molar-refractivity contribution in [2.24, 2.45) is 11.7 Å². The van der Waals surface area contributed by atoms with Gasteiger partial charge in [-0.15, -0.1) is 0 Å². The highest BCUT2D eigenvalue weighted by molar-refractivity contribution is 6.01. The average molecular weight is 558 g/mol. The normalized spacial score (nSPS) is 18.2. The van der Waals surface area contributed by atoms with Crippen LogP contribution in [0.4, 0.5) is 0 Å². The van der Waals surface area contributed by atoms with E-state index in [2.05, 4.69) is 48.6 Å². The number of nitrogens with one attached hydrogen (secondary N) is 2. The van der Waals surface area contributed by atoms with Gasteiger partial charge in [-0.2, -0.15) is 5.10 Å². The van der Waals surface area contributed by atoms with Crippen molar-refractivity contribution in [3.05, 3.63) is 88.7 Å². The average Bonchev–Trinajstić information content (AvgIpc) is 3.40. The minimum atomic E-state index is -1.43. The zero-order valence-corrected chi connectivity index (χ0v) is 25.0. The van der Waals surface area contributed by atoms with Crippen molar-refractivity contribution in [2.45, 2.75) is 90.3 Å². The quantitative estimate of drug-likeness (QED) is 0.338. The SMILES string of the molecule is CCc1ccc(C(CC)(NC(=O)c2cnn3c2C[C@H](c2ccccc2)CC3(C)C)C(=O)NC(C(N)=O)C(C)C)cc1. The van der Waals surface area contributed by atoms with E-state index in [1.165, 1.54) is 5.56 Å². The van der Waals surface area contributed by atoms with Gasteiger partial charge in [0.2, 0.25) is 5.91 Å². The maximum atomic E-state index is 14.1. The Balaban J connectivity index is 1.74. The van der Waals surface area contributed by atoms with Crippen LogP contribution in [0, 0.1) is 5.92 Å². The van der Waals surface area contributed by atoms with Gasteiger partial charge >= 0.3 is 0 Å². The molecule has 0 spiro atoms. The zero-order chi connectivity index (χ0) is 29.9. The Hall–Kier alpha value is -3.94. The fourth-order valence-electron chi connectivity index (χ4n) is 6.07. The van der Waals surface area contributed by atoms with E-state index in [1.807, 2.05) is 67.9 Å². The van der Waals surface area contributed by atoms with Crippen molar-refractivity contribution in [3.8, 4) is 0 Å². The summed E-state index contributed by atoms with van der Waals surface area (Å²) in [5.74, 6) is -1.47. The molecule has 1 aromatic heterocycles. The van der Waals surface area contributed by atoms with E-state index >= 15 is 0 Å². The number of carbonyl (C=O) groups excluding carboxylic acids is 3. The van der Waals surface area contributed by atoms with Crippen molar-refractivity contribution in [3.63, 3.8) is 0 Å². The summed E-state index contributed by atoms with van der Waals surface area (Å²) in [6, 6.07) is 17.1. The summed E-state index contributed by atoms with van der Waals surface area (Å²) >= 11 is 0. The van der Waals surface area contributed by atoms with E-state index in [-0.39, 0.29) is 29.7 Å². The van der Waals surface area contributed by atoms with Gasteiger partial charge in [-0.05, 0) is 68.1 Å². The van der Waals surface area contributed by atoms with Gasteiger partial charge in [0.15, 0.2) is 0 Å². The van der Waals surface area contributed by atoms with Crippen LogP contribution in [-0.2, 0) is 33.5 Å². The molecular weight excluding hydrogens is 514 g/mol. The highest BCUT2D eigenvalue weighted by Gasteiger charge is 2.44. The minimum Gasteiger partial charge on any atom is -0.368 e. The molecule has 8 heteroatoms. The third-order valence-corrected chi connectivity index (χ3v) is 8.50. The molecule has 41 heavy (non-hydrogen) atoms. The maximum absolute atomic E-state index is 14.1. The first-order valence-corrected chi connectivity index (χ1v) is 14.6. The standard InChI is InChI=1S/C33H43N5O3/c1-7-22-14-16-25(17-15-22)33(8-2,31(41)36-28(21(3)4)29(34)39)37-30(40)26-20-35-38-27(26)18-24(19-32(38,5)6)23-12-10-9-11-13-23/h9-17,20-21,24,28H,7-8,18-19H2,1-6H3,(H2,34,39)(H,36,41)(H,37,40)/t24-,28?,33?/m0/s1. The molecule has 218 valence electrons. The summed E-state index contributed by atoms with van der Waals surface area (Å²) in [6.45, 7) is 11.8. The fourth-order valence-corrected chi connectivity index (χ4v) is 6.07. The number of hydrogen-bond acceptors (Lipinski definition) is 4. The molecule has 1 aliphatic heterocycles. The highest BCUT2D eigenvalue weighted by atomic mass is 16.2. The number of benzene rings is 2. The van der Waals surface area contributed by atoms with Crippen molar-refractivity contribution in [1.82, 2.24) is 20.4 Å². The first-order valence-electron chi connectivity index (χ1n) is 14.6. The van der Waals surface area contributed by atoms with Crippen LogP contribution in [-0.4, -0.2) is 33.5 Å². The van der Waals surface area contributed by atoms with E-state index in [9.17, 15) is 14.4 Å². The molecule has 0 bridgehead atoms. The van der Waals surface area contributed by atoms with E-state index in [0.29, 0.717) is 17.5 Å². The van der Waals surface area contributed by atoms with Gasteiger partial charge in [0.1, 0.15) is 11.6 Å². The van der Waals surface area contributed by atoms with Gasteiger partial charge in [-0.25, -0.2) is 0 Å². The molecule has 2 heterocycles. The maximum Gasteiger partial charge on any atom is 0.255 e. The lowest BCUT2D eigenvalue weighted by Crippen LogP contribution is -2.60. The molecule has 0 saturated heterocycles. The van der Waals surface area contributed by atoms with Gasteiger partial charge in [0.05, 0.1) is 23.0 Å². The van der Waals surface area contributed by atoms with E-state index in [1.54, 1.807) is 6.20 Å². The lowest BCUT2D eigenvalue weighted by Gasteiger charge is -2.38. The lowest BCUT2D eigenvalue weighted by atomic mass is 9.79. The van der Waals surface area contributed by atoms with E-state index in [0.717, 1.165) is 24.1 Å². The van der Waals surface area contributed by atoms with Crippen LogP contribution < -0.4 is 16.4 Å². The molecule has 1 aliphatic rings. The van der Waals surface area contributed by atoms with Gasteiger partial charge in [-0.3, -0.25) is 19.1 Å². The van der Waals surface area contributed by atoms with Crippen LogP contribution in [0.25, 0.3) is 0 Å². The summed E-state index contributed by atoms with van der Waals surface area (Å²) < 4.78 is 1.95. The summed E-state index contributed by atoms with van der Waals surface area (Å²) in [5, 5.41) is 10.6. The number of nitrogens with two attached hydrogens (primary N) is 1. The Kier molecular flexibility index (Phi) is 8.71. The molecule has 0 radical (unpaired) electrons. The van der Waals surface area contributed by atoms with Gasteiger partial charge in [0.25, 0.3) is 11.8 Å². The Morgan fingerprint density at radius 1 is 1.07 bits per heavy atom. The number of fused-ring (bicyclic) bond motifs is 1. The van der Waals surface area contributed by atoms with Crippen molar-refractivity contribution in [1.29, 1.82) is 0 Å². The highest BCUT2D eigenvalue weighted by Crippen LogP contribution is 2.40. The second kappa shape index (κ2) is 11.9. The summed E-state index contributed by atoms with van der Waals surface area (Å²) in [5.41, 5.74) is 8.18. The predicted octanol–water partition coefficient (Wildman–Crippen LogP) is 4.57. The Labute approximate surface area is 243 Å². The number of aromatic nitrogens is 2. The van der Waals surface area contributed by atoms with Crippen LogP contribution in [0.1, 0.15) is 93.0 Å². The topological polar surface area (TPSA) is 119 Å². The number of rotatable bonds is 10. The molecule has 0 aliphatic carbocycles. The number of amides is 3. The molecule has 4 rings (SSSR count).